The van der Waals surface area contributed by atoms with Crippen molar-refractivity contribution in [3.05, 3.63) is 29.8 Å². The third-order valence-corrected chi connectivity index (χ3v) is 5.17. The van der Waals surface area contributed by atoms with Crippen LogP contribution in [0.3, 0.4) is 0 Å². The maximum Gasteiger partial charge on any atom is 0.255 e. The quantitative estimate of drug-likeness (QED) is 0.611. The summed E-state index contributed by atoms with van der Waals surface area (Å²) < 4.78 is 5.35. The van der Waals surface area contributed by atoms with Crippen LogP contribution in [-0.2, 0) is 11.3 Å². The molecular weight excluding hydrogens is 316 g/mol. The number of carbonyl (C=O) groups is 1. The summed E-state index contributed by atoms with van der Waals surface area (Å²) in [5.74, 6) is 1.07. The summed E-state index contributed by atoms with van der Waals surface area (Å²) >= 11 is 0. The summed E-state index contributed by atoms with van der Waals surface area (Å²) in [6, 6.07) is 7.59. The molecule has 1 amide bonds. The summed E-state index contributed by atoms with van der Waals surface area (Å²) in [6.45, 7) is 13.4. The van der Waals surface area contributed by atoms with E-state index in [0.717, 1.165) is 24.6 Å². The lowest BCUT2D eigenvalue weighted by Crippen LogP contribution is -2.72. The average Bonchev–Trinajstić information content (AvgIpc) is 2.55. The Kier molecular flexibility index (Phi) is 5.60. The van der Waals surface area contributed by atoms with Gasteiger partial charge in [0.25, 0.3) is 5.91 Å². The van der Waals surface area contributed by atoms with E-state index in [1.54, 1.807) is 0 Å². The van der Waals surface area contributed by atoms with Gasteiger partial charge in [0.15, 0.2) is 12.6 Å². The van der Waals surface area contributed by atoms with Gasteiger partial charge in [-0.25, -0.2) is 4.99 Å². The third-order valence-electron chi connectivity index (χ3n) is 5.17. The Hall–Kier alpha value is -2.24. The van der Waals surface area contributed by atoms with Crippen LogP contribution < -0.4 is 15.8 Å². The molecule has 6 heteroatoms. The zero-order valence-electron chi connectivity index (χ0n) is 15.9. The first kappa shape index (κ1) is 19.1. The molecule has 1 aliphatic rings. The van der Waals surface area contributed by atoms with Crippen LogP contribution in [0.15, 0.2) is 29.3 Å². The molecule has 3 N–H and O–H groups in total. The van der Waals surface area contributed by atoms with Crippen molar-refractivity contribution in [2.45, 2.75) is 46.7 Å². The summed E-state index contributed by atoms with van der Waals surface area (Å²) in [5.41, 5.74) is 6.45. The molecule has 25 heavy (non-hydrogen) atoms. The van der Waals surface area contributed by atoms with Crippen LogP contribution in [0.2, 0.25) is 0 Å². The predicted molar refractivity (Wildman–Crippen MR) is 101 cm³/mol. The SMILES string of the molecule is CCNC(=NCc1cccc(OCC(N)=O)c1)N1CC(C)(C)C1(C)C. The largest absolute Gasteiger partial charge is 0.484 e. The number of nitrogens with zero attached hydrogens (tertiary/aromatic N) is 2. The summed E-state index contributed by atoms with van der Waals surface area (Å²) in [7, 11) is 0. The van der Waals surface area contributed by atoms with Gasteiger partial charge in [-0.3, -0.25) is 4.79 Å². The molecule has 1 heterocycles. The van der Waals surface area contributed by atoms with E-state index in [0.29, 0.717) is 12.3 Å². The van der Waals surface area contributed by atoms with Crippen molar-refractivity contribution in [1.82, 2.24) is 10.2 Å². The smallest absolute Gasteiger partial charge is 0.255 e. The second-order valence-electron chi connectivity index (χ2n) is 7.60. The summed E-state index contributed by atoms with van der Waals surface area (Å²) in [5, 5.41) is 3.39. The van der Waals surface area contributed by atoms with Gasteiger partial charge in [0.2, 0.25) is 0 Å². The van der Waals surface area contributed by atoms with Gasteiger partial charge in [0.05, 0.1) is 6.54 Å². The number of nitrogens with one attached hydrogen (secondary N) is 1. The van der Waals surface area contributed by atoms with Crippen molar-refractivity contribution in [1.29, 1.82) is 0 Å². The van der Waals surface area contributed by atoms with Crippen molar-refractivity contribution in [3.8, 4) is 5.75 Å². The van der Waals surface area contributed by atoms with E-state index in [4.69, 9.17) is 15.5 Å². The molecular formula is C19H30N4O2. The zero-order chi connectivity index (χ0) is 18.7. The van der Waals surface area contributed by atoms with Gasteiger partial charge in [-0.1, -0.05) is 26.0 Å². The number of carbonyl (C=O) groups excluding carboxylic acids is 1. The highest BCUT2D eigenvalue weighted by Crippen LogP contribution is 2.46. The van der Waals surface area contributed by atoms with Crippen LogP contribution in [0, 0.1) is 5.41 Å². The van der Waals surface area contributed by atoms with Gasteiger partial charge in [-0.2, -0.15) is 0 Å². The van der Waals surface area contributed by atoms with E-state index >= 15 is 0 Å². The lowest BCUT2D eigenvalue weighted by atomic mass is 9.65. The molecule has 1 fully saturated rings. The topological polar surface area (TPSA) is 80.0 Å². The number of benzene rings is 1. The lowest BCUT2D eigenvalue weighted by molar-refractivity contribution is -0.119. The van der Waals surface area contributed by atoms with Crippen LogP contribution >= 0.6 is 0 Å². The fraction of sp³-hybridized carbons (Fsp3) is 0.579. The van der Waals surface area contributed by atoms with Crippen LogP contribution in [0.5, 0.6) is 5.75 Å². The maximum atomic E-state index is 10.8. The van der Waals surface area contributed by atoms with Gasteiger partial charge in [-0.05, 0) is 38.5 Å². The van der Waals surface area contributed by atoms with Gasteiger partial charge in [0, 0.05) is 24.0 Å². The molecule has 0 aliphatic carbocycles. The maximum absolute atomic E-state index is 10.8. The van der Waals surface area contributed by atoms with E-state index < -0.39 is 5.91 Å². The molecule has 0 saturated carbocycles. The highest BCUT2D eigenvalue weighted by atomic mass is 16.5. The molecule has 1 aromatic rings. The second kappa shape index (κ2) is 7.33. The number of rotatable bonds is 6. The Labute approximate surface area is 150 Å². The Bertz CT molecular complexity index is 653. The number of hydrogen-bond donors (Lipinski definition) is 2. The van der Waals surface area contributed by atoms with Gasteiger partial charge in [-0.15, -0.1) is 0 Å². The molecule has 0 radical (unpaired) electrons. The molecule has 0 unspecified atom stereocenters. The minimum absolute atomic E-state index is 0.0560. The van der Waals surface area contributed by atoms with Crippen molar-refractivity contribution in [3.63, 3.8) is 0 Å². The number of likely N-dealkylation sites (tertiary alicyclic amines) is 1. The molecule has 0 bridgehead atoms. The number of hydrogen-bond acceptors (Lipinski definition) is 3. The molecule has 0 aromatic heterocycles. The third kappa shape index (κ3) is 4.24. The fourth-order valence-electron chi connectivity index (χ4n) is 2.85. The van der Waals surface area contributed by atoms with Gasteiger partial charge >= 0.3 is 0 Å². The van der Waals surface area contributed by atoms with Crippen LogP contribution in [0.1, 0.15) is 40.2 Å². The predicted octanol–water partition coefficient (Wildman–Crippen LogP) is 2.14. The molecule has 2 rings (SSSR count). The number of nitrogens with two attached hydrogens (primary N) is 1. The number of amides is 1. The Morgan fingerprint density at radius 3 is 2.64 bits per heavy atom. The molecule has 1 saturated heterocycles. The first-order chi connectivity index (χ1) is 11.7. The van der Waals surface area contributed by atoms with E-state index in [2.05, 4.69) is 44.8 Å². The van der Waals surface area contributed by atoms with Gasteiger partial charge < -0.3 is 20.7 Å². The van der Waals surface area contributed by atoms with E-state index in [9.17, 15) is 4.79 Å². The van der Waals surface area contributed by atoms with Crippen LogP contribution in [0.4, 0.5) is 0 Å². The summed E-state index contributed by atoms with van der Waals surface area (Å²) in [4.78, 5) is 17.9. The van der Waals surface area contributed by atoms with Crippen molar-refractivity contribution in [2.24, 2.45) is 16.1 Å². The standard InChI is InChI=1S/C19H30N4O2/c1-6-21-17(23-13-18(2,3)19(23,4)5)22-11-14-8-7-9-15(10-14)25-12-16(20)24/h7-10H,6,11-13H2,1-5H3,(H2,20,24)(H,21,22). The number of aliphatic imine (C=N–C) groups is 1. The van der Waals surface area contributed by atoms with E-state index in [-0.39, 0.29) is 17.6 Å². The minimum atomic E-state index is -0.486. The molecule has 6 nitrogen and oxygen atoms in total. The first-order valence-corrected chi connectivity index (χ1v) is 8.73. The Morgan fingerprint density at radius 1 is 1.36 bits per heavy atom. The number of guanidine groups is 1. The number of primary amides is 1. The fourth-order valence-corrected chi connectivity index (χ4v) is 2.85. The van der Waals surface area contributed by atoms with Crippen molar-refractivity contribution >= 4 is 11.9 Å². The average molecular weight is 346 g/mol. The first-order valence-electron chi connectivity index (χ1n) is 8.73. The molecule has 0 atom stereocenters. The number of ether oxygens (including phenoxy) is 1. The van der Waals surface area contributed by atoms with E-state index in [1.165, 1.54) is 0 Å². The van der Waals surface area contributed by atoms with E-state index in [1.807, 2.05) is 24.3 Å². The normalized spacial score (nSPS) is 18.4. The minimum Gasteiger partial charge on any atom is -0.484 e. The van der Waals surface area contributed by atoms with Gasteiger partial charge in [0.1, 0.15) is 5.75 Å². The van der Waals surface area contributed by atoms with Crippen LogP contribution in [0.25, 0.3) is 0 Å². The molecule has 138 valence electrons. The summed E-state index contributed by atoms with van der Waals surface area (Å²) in [6.07, 6.45) is 0. The highest BCUT2D eigenvalue weighted by Gasteiger charge is 2.53. The zero-order valence-corrected chi connectivity index (χ0v) is 15.9. The molecule has 1 aromatic carbocycles. The molecule has 1 aliphatic heterocycles. The van der Waals surface area contributed by atoms with Crippen molar-refractivity contribution < 1.29 is 9.53 Å². The van der Waals surface area contributed by atoms with Crippen molar-refractivity contribution in [2.75, 3.05) is 19.7 Å². The Balaban J connectivity index is 2.09. The lowest BCUT2D eigenvalue weighted by Gasteiger charge is -2.62. The second-order valence-corrected chi connectivity index (χ2v) is 7.60. The Morgan fingerprint density at radius 2 is 2.08 bits per heavy atom. The molecule has 0 spiro atoms. The monoisotopic (exact) mass is 346 g/mol. The van der Waals surface area contributed by atoms with Crippen LogP contribution in [-0.4, -0.2) is 42.0 Å². The highest BCUT2D eigenvalue weighted by molar-refractivity contribution is 5.82.